The van der Waals surface area contributed by atoms with Crippen LogP contribution in [0.3, 0.4) is 0 Å². The Morgan fingerprint density at radius 2 is 1.75 bits per heavy atom. The lowest BCUT2D eigenvalue weighted by Crippen LogP contribution is -2.40. The van der Waals surface area contributed by atoms with Gasteiger partial charge in [0.1, 0.15) is 5.75 Å². The molecule has 3 N–H and O–H groups in total. The third-order valence-electron chi connectivity index (χ3n) is 1.75. The topological polar surface area (TPSA) is 81.7 Å². The summed E-state index contributed by atoms with van der Waals surface area (Å²) in [5.41, 5.74) is 0.488. The van der Waals surface area contributed by atoms with Crippen LogP contribution in [0.2, 0.25) is 0 Å². The number of aromatic hydroxyl groups is 1. The number of nitrogens with one attached hydrogen (secondary N) is 2. The zero-order valence-corrected chi connectivity index (χ0v) is 9.02. The molecule has 0 aliphatic rings. The molecule has 0 aromatic heterocycles. The third-order valence-corrected chi connectivity index (χ3v) is 1.75. The summed E-state index contributed by atoms with van der Waals surface area (Å²) in [6.07, 6.45) is 0. The van der Waals surface area contributed by atoms with Gasteiger partial charge >= 0.3 is 12.1 Å². The number of phenols is 1. The molecule has 0 heterocycles. The molecule has 0 spiro atoms. The molecule has 0 aliphatic heterocycles. The second-order valence-corrected chi connectivity index (χ2v) is 3.33. The molecule has 6 heteroatoms. The standard InChI is InChI=1S/C10H13N3O3/c1-13(2)10(16)12-9(15)11-7-3-5-8(14)6-4-7/h3-6,14H,1-2H3,(H2,11,12,15,16). The number of amides is 4. The minimum absolute atomic E-state index is 0.107. The number of carbonyl (C=O) groups is 2. The van der Waals surface area contributed by atoms with E-state index in [0.717, 1.165) is 0 Å². The van der Waals surface area contributed by atoms with Gasteiger partial charge in [-0.25, -0.2) is 9.59 Å². The Morgan fingerprint density at radius 3 is 2.25 bits per heavy atom. The molecule has 0 saturated heterocycles. The van der Waals surface area contributed by atoms with E-state index < -0.39 is 12.1 Å². The molecule has 16 heavy (non-hydrogen) atoms. The number of hydrogen-bond donors (Lipinski definition) is 3. The first kappa shape index (κ1) is 11.8. The number of imide groups is 1. The first-order valence-electron chi connectivity index (χ1n) is 4.57. The maximum atomic E-state index is 11.3. The Kier molecular flexibility index (Phi) is 3.71. The van der Waals surface area contributed by atoms with Crippen molar-refractivity contribution in [2.24, 2.45) is 0 Å². The summed E-state index contributed by atoms with van der Waals surface area (Å²) in [7, 11) is 3.06. The highest BCUT2D eigenvalue weighted by atomic mass is 16.3. The average Bonchev–Trinajstić information content (AvgIpc) is 2.21. The Balaban J connectivity index is 2.52. The summed E-state index contributed by atoms with van der Waals surface area (Å²) in [6.45, 7) is 0. The van der Waals surface area contributed by atoms with Crippen molar-refractivity contribution in [3.05, 3.63) is 24.3 Å². The maximum Gasteiger partial charge on any atom is 0.327 e. The Morgan fingerprint density at radius 1 is 1.19 bits per heavy atom. The molecule has 86 valence electrons. The van der Waals surface area contributed by atoms with Crippen molar-refractivity contribution in [2.75, 3.05) is 19.4 Å². The molecule has 1 rings (SSSR count). The van der Waals surface area contributed by atoms with Crippen LogP contribution in [0.1, 0.15) is 0 Å². The molecule has 0 aliphatic carbocycles. The summed E-state index contributed by atoms with van der Waals surface area (Å²) < 4.78 is 0. The lowest BCUT2D eigenvalue weighted by Gasteiger charge is -2.11. The predicted octanol–water partition coefficient (Wildman–Crippen LogP) is 1.20. The zero-order chi connectivity index (χ0) is 12.1. The molecule has 6 nitrogen and oxygen atoms in total. The van der Waals surface area contributed by atoms with Gasteiger partial charge in [0.15, 0.2) is 0 Å². The van der Waals surface area contributed by atoms with E-state index in [1.54, 1.807) is 0 Å². The van der Waals surface area contributed by atoms with Gasteiger partial charge in [0.25, 0.3) is 0 Å². The molecule has 1 aromatic rings. The molecular formula is C10H13N3O3. The summed E-state index contributed by atoms with van der Waals surface area (Å²) in [5.74, 6) is 0.107. The van der Waals surface area contributed by atoms with Gasteiger partial charge in [0.05, 0.1) is 0 Å². The lowest BCUT2D eigenvalue weighted by atomic mass is 10.3. The Bertz CT molecular complexity index is 387. The molecule has 0 bridgehead atoms. The van der Waals surface area contributed by atoms with Crippen molar-refractivity contribution >= 4 is 17.7 Å². The van der Waals surface area contributed by atoms with E-state index in [4.69, 9.17) is 5.11 Å². The second kappa shape index (κ2) is 5.01. The smallest absolute Gasteiger partial charge is 0.327 e. The minimum Gasteiger partial charge on any atom is -0.508 e. The van der Waals surface area contributed by atoms with E-state index in [0.29, 0.717) is 5.69 Å². The molecule has 0 atom stereocenters. The van der Waals surface area contributed by atoms with E-state index in [1.807, 2.05) is 0 Å². The van der Waals surface area contributed by atoms with Crippen LogP contribution in [0.15, 0.2) is 24.3 Å². The number of carbonyl (C=O) groups excluding carboxylic acids is 2. The highest BCUT2D eigenvalue weighted by Crippen LogP contribution is 2.13. The molecule has 0 saturated carbocycles. The van der Waals surface area contributed by atoms with E-state index in [2.05, 4.69) is 10.6 Å². The normalized spacial score (nSPS) is 9.38. The van der Waals surface area contributed by atoms with Gasteiger partial charge in [-0.05, 0) is 24.3 Å². The van der Waals surface area contributed by atoms with E-state index in [-0.39, 0.29) is 5.75 Å². The molecule has 0 radical (unpaired) electrons. The van der Waals surface area contributed by atoms with Crippen LogP contribution >= 0.6 is 0 Å². The van der Waals surface area contributed by atoms with Crippen molar-refractivity contribution in [1.82, 2.24) is 10.2 Å². The van der Waals surface area contributed by atoms with Crippen LogP contribution in [-0.2, 0) is 0 Å². The summed E-state index contributed by atoms with van der Waals surface area (Å²) in [5, 5.41) is 13.6. The van der Waals surface area contributed by atoms with Crippen molar-refractivity contribution in [1.29, 1.82) is 0 Å². The molecule has 4 amide bonds. The van der Waals surface area contributed by atoms with Crippen molar-refractivity contribution in [2.45, 2.75) is 0 Å². The van der Waals surface area contributed by atoms with Gasteiger partial charge in [-0.1, -0.05) is 0 Å². The fraction of sp³-hybridized carbons (Fsp3) is 0.200. The third kappa shape index (κ3) is 3.49. The van der Waals surface area contributed by atoms with Crippen LogP contribution in [-0.4, -0.2) is 36.2 Å². The number of benzene rings is 1. The van der Waals surface area contributed by atoms with Crippen molar-refractivity contribution < 1.29 is 14.7 Å². The second-order valence-electron chi connectivity index (χ2n) is 3.33. The summed E-state index contributed by atoms with van der Waals surface area (Å²) in [6, 6.07) is 4.79. The van der Waals surface area contributed by atoms with Crippen LogP contribution in [0, 0.1) is 0 Å². The Labute approximate surface area is 92.9 Å². The number of anilines is 1. The predicted molar refractivity (Wildman–Crippen MR) is 59.3 cm³/mol. The van der Waals surface area contributed by atoms with Gasteiger partial charge in [0, 0.05) is 19.8 Å². The fourth-order valence-electron chi connectivity index (χ4n) is 0.916. The SMILES string of the molecule is CN(C)C(=O)NC(=O)Nc1ccc(O)cc1. The van der Waals surface area contributed by atoms with Gasteiger partial charge in [0.2, 0.25) is 0 Å². The monoisotopic (exact) mass is 223 g/mol. The van der Waals surface area contributed by atoms with Gasteiger partial charge in [-0.2, -0.15) is 0 Å². The van der Waals surface area contributed by atoms with Gasteiger partial charge in [-0.15, -0.1) is 0 Å². The summed E-state index contributed by atoms with van der Waals surface area (Å²) >= 11 is 0. The van der Waals surface area contributed by atoms with Gasteiger partial charge < -0.3 is 15.3 Å². The van der Waals surface area contributed by atoms with Crippen LogP contribution < -0.4 is 10.6 Å². The first-order valence-corrected chi connectivity index (χ1v) is 4.57. The van der Waals surface area contributed by atoms with Gasteiger partial charge in [-0.3, -0.25) is 5.32 Å². The number of nitrogens with zero attached hydrogens (tertiary/aromatic N) is 1. The first-order chi connectivity index (χ1) is 7.49. The molecule has 1 aromatic carbocycles. The maximum absolute atomic E-state index is 11.3. The lowest BCUT2D eigenvalue weighted by molar-refractivity contribution is 0.214. The largest absolute Gasteiger partial charge is 0.508 e. The fourth-order valence-corrected chi connectivity index (χ4v) is 0.916. The highest BCUT2D eigenvalue weighted by Gasteiger charge is 2.08. The average molecular weight is 223 g/mol. The van der Waals surface area contributed by atoms with Crippen LogP contribution in [0.25, 0.3) is 0 Å². The molecular weight excluding hydrogens is 210 g/mol. The molecule has 0 unspecified atom stereocenters. The number of rotatable bonds is 1. The van der Waals surface area contributed by atoms with E-state index in [1.165, 1.54) is 43.3 Å². The highest BCUT2D eigenvalue weighted by molar-refractivity contribution is 6.00. The zero-order valence-electron chi connectivity index (χ0n) is 9.02. The number of hydrogen-bond acceptors (Lipinski definition) is 3. The van der Waals surface area contributed by atoms with Crippen molar-refractivity contribution in [3.63, 3.8) is 0 Å². The quantitative estimate of drug-likeness (QED) is 0.625. The van der Waals surface area contributed by atoms with E-state index in [9.17, 15) is 9.59 Å². The molecule has 0 fully saturated rings. The number of urea groups is 2. The number of phenolic OH excluding ortho intramolecular Hbond substituents is 1. The van der Waals surface area contributed by atoms with E-state index >= 15 is 0 Å². The van der Waals surface area contributed by atoms with Crippen molar-refractivity contribution in [3.8, 4) is 5.75 Å². The summed E-state index contributed by atoms with van der Waals surface area (Å²) in [4.78, 5) is 23.6. The Hall–Kier alpha value is -2.24. The minimum atomic E-state index is -0.621. The van der Waals surface area contributed by atoms with Crippen LogP contribution in [0.5, 0.6) is 5.75 Å². The van der Waals surface area contributed by atoms with Crippen LogP contribution in [0.4, 0.5) is 15.3 Å².